The lowest BCUT2D eigenvalue weighted by molar-refractivity contribution is -0.121. The van der Waals surface area contributed by atoms with Gasteiger partial charge in [-0.1, -0.05) is 26.0 Å². The van der Waals surface area contributed by atoms with Gasteiger partial charge in [-0.2, -0.15) is 0 Å². The monoisotopic (exact) mass is 334 g/mol. The Kier molecular flexibility index (Phi) is 7.06. The first-order valence-corrected chi connectivity index (χ1v) is 8.72. The summed E-state index contributed by atoms with van der Waals surface area (Å²) in [5.41, 5.74) is 2.03. The molecule has 5 nitrogen and oxygen atoms in total. The fourth-order valence-corrected chi connectivity index (χ4v) is 3.04. The Labute approximate surface area is 145 Å². The first kappa shape index (κ1) is 18.7. The maximum atomic E-state index is 12.2. The van der Waals surface area contributed by atoms with E-state index in [0.717, 1.165) is 43.1 Å². The Morgan fingerprint density at radius 1 is 1.46 bits per heavy atom. The SMILES string of the molecule is COc1cc(CC(=O)NCC2CN(CC(C)C)CCO2)ccc1C. The van der Waals surface area contributed by atoms with E-state index in [1.54, 1.807) is 7.11 Å². The number of rotatable bonds is 7. The number of ether oxygens (including phenoxy) is 2. The molecule has 1 aromatic rings. The van der Waals surface area contributed by atoms with Gasteiger partial charge in [-0.05, 0) is 30.0 Å². The molecule has 1 unspecified atom stereocenters. The van der Waals surface area contributed by atoms with Crippen molar-refractivity contribution in [3.05, 3.63) is 29.3 Å². The fourth-order valence-electron chi connectivity index (χ4n) is 3.04. The van der Waals surface area contributed by atoms with Crippen molar-refractivity contribution in [1.29, 1.82) is 0 Å². The van der Waals surface area contributed by atoms with Crippen molar-refractivity contribution < 1.29 is 14.3 Å². The molecule has 1 N–H and O–H groups in total. The molecule has 5 heteroatoms. The summed E-state index contributed by atoms with van der Waals surface area (Å²) in [6.45, 7) is 10.7. The third kappa shape index (κ3) is 5.80. The van der Waals surface area contributed by atoms with Gasteiger partial charge in [0, 0.05) is 26.2 Å². The van der Waals surface area contributed by atoms with Gasteiger partial charge in [0.1, 0.15) is 5.75 Å². The van der Waals surface area contributed by atoms with Gasteiger partial charge in [-0.25, -0.2) is 0 Å². The summed E-state index contributed by atoms with van der Waals surface area (Å²) in [5.74, 6) is 1.49. The van der Waals surface area contributed by atoms with Crippen LogP contribution in [0.15, 0.2) is 18.2 Å². The Morgan fingerprint density at radius 3 is 2.96 bits per heavy atom. The van der Waals surface area contributed by atoms with Crippen LogP contribution in [0.5, 0.6) is 5.75 Å². The van der Waals surface area contributed by atoms with Crippen molar-refractivity contribution in [1.82, 2.24) is 10.2 Å². The number of nitrogens with one attached hydrogen (secondary N) is 1. The van der Waals surface area contributed by atoms with Crippen molar-refractivity contribution in [2.45, 2.75) is 33.3 Å². The molecule has 1 amide bonds. The van der Waals surface area contributed by atoms with Crippen LogP contribution in [0, 0.1) is 12.8 Å². The molecule has 1 aromatic carbocycles. The first-order valence-electron chi connectivity index (χ1n) is 8.72. The van der Waals surface area contributed by atoms with Crippen molar-refractivity contribution in [2.75, 3.05) is 39.9 Å². The van der Waals surface area contributed by atoms with Crippen LogP contribution in [0.2, 0.25) is 0 Å². The summed E-state index contributed by atoms with van der Waals surface area (Å²) < 4.78 is 11.1. The second-order valence-corrected chi connectivity index (χ2v) is 6.93. The van der Waals surface area contributed by atoms with Crippen LogP contribution in [0.25, 0.3) is 0 Å². The van der Waals surface area contributed by atoms with Crippen molar-refractivity contribution >= 4 is 5.91 Å². The van der Waals surface area contributed by atoms with E-state index < -0.39 is 0 Å². The van der Waals surface area contributed by atoms with Gasteiger partial charge in [0.15, 0.2) is 0 Å². The van der Waals surface area contributed by atoms with E-state index in [0.29, 0.717) is 18.9 Å². The molecule has 1 fully saturated rings. The highest BCUT2D eigenvalue weighted by Crippen LogP contribution is 2.19. The van der Waals surface area contributed by atoms with E-state index in [2.05, 4.69) is 24.1 Å². The van der Waals surface area contributed by atoms with E-state index in [9.17, 15) is 4.79 Å². The summed E-state index contributed by atoms with van der Waals surface area (Å²) in [5, 5.41) is 3.00. The fraction of sp³-hybridized carbons (Fsp3) is 0.632. The molecule has 1 heterocycles. The topological polar surface area (TPSA) is 50.8 Å². The van der Waals surface area contributed by atoms with Crippen LogP contribution >= 0.6 is 0 Å². The van der Waals surface area contributed by atoms with Crippen LogP contribution in [0.1, 0.15) is 25.0 Å². The normalized spacial score (nSPS) is 18.6. The lowest BCUT2D eigenvalue weighted by atomic mass is 10.1. The number of hydrogen-bond acceptors (Lipinski definition) is 4. The zero-order valence-electron chi connectivity index (χ0n) is 15.3. The average molecular weight is 334 g/mol. The van der Waals surface area contributed by atoms with E-state index >= 15 is 0 Å². The molecule has 0 bridgehead atoms. The molecule has 134 valence electrons. The Bertz CT molecular complexity index is 545. The summed E-state index contributed by atoms with van der Waals surface area (Å²) in [4.78, 5) is 14.6. The minimum Gasteiger partial charge on any atom is -0.496 e. The number of amides is 1. The van der Waals surface area contributed by atoms with Crippen molar-refractivity contribution in [3.63, 3.8) is 0 Å². The Balaban J connectivity index is 1.78. The predicted molar refractivity (Wildman–Crippen MR) is 95.5 cm³/mol. The number of carbonyl (C=O) groups is 1. The zero-order chi connectivity index (χ0) is 17.5. The highest BCUT2D eigenvalue weighted by molar-refractivity contribution is 5.78. The van der Waals surface area contributed by atoms with Gasteiger partial charge in [0.25, 0.3) is 0 Å². The standard InChI is InChI=1S/C19H30N2O3/c1-14(2)12-21-7-8-24-17(13-21)11-20-19(22)10-16-6-5-15(3)18(9-16)23-4/h5-6,9,14,17H,7-8,10-13H2,1-4H3,(H,20,22). The van der Waals surface area contributed by atoms with E-state index in [1.165, 1.54) is 0 Å². The van der Waals surface area contributed by atoms with Gasteiger partial charge in [-0.3, -0.25) is 9.69 Å². The molecule has 24 heavy (non-hydrogen) atoms. The zero-order valence-corrected chi connectivity index (χ0v) is 15.3. The molecule has 1 aliphatic heterocycles. The third-order valence-corrected chi connectivity index (χ3v) is 4.21. The average Bonchev–Trinajstić information content (AvgIpc) is 2.54. The van der Waals surface area contributed by atoms with Gasteiger partial charge < -0.3 is 14.8 Å². The van der Waals surface area contributed by atoms with Crippen molar-refractivity contribution in [3.8, 4) is 5.75 Å². The largest absolute Gasteiger partial charge is 0.496 e. The van der Waals surface area contributed by atoms with Gasteiger partial charge >= 0.3 is 0 Å². The maximum absolute atomic E-state index is 12.2. The second-order valence-electron chi connectivity index (χ2n) is 6.93. The number of aryl methyl sites for hydroxylation is 1. The summed E-state index contributed by atoms with van der Waals surface area (Å²) >= 11 is 0. The number of benzene rings is 1. The third-order valence-electron chi connectivity index (χ3n) is 4.21. The van der Waals surface area contributed by atoms with Crippen LogP contribution < -0.4 is 10.1 Å². The first-order chi connectivity index (χ1) is 11.5. The lowest BCUT2D eigenvalue weighted by Crippen LogP contribution is -2.48. The minimum atomic E-state index is 0.0190. The van der Waals surface area contributed by atoms with E-state index in [1.807, 2.05) is 25.1 Å². The van der Waals surface area contributed by atoms with Crippen LogP contribution in [-0.2, 0) is 16.0 Å². The minimum absolute atomic E-state index is 0.0190. The molecule has 1 atom stereocenters. The van der Waals surface area contributed by atoms with Gasteiger partial charge in [-0.15, -0.1) is 0 Å². The molecule has 0 aromatic heterocycles. The van der Waals surface area contributed by atoms with E-state index in [4.69, 9.17) is 9.47 Å². The number of methoxy groups -OCH3 is 1. The highest BCUT2D eigenvalue weighted by atomic mass is 16.5. The molecular formula is C19H30N2O3. The van der Waals surface area contributed by atoms with Crippen molar-refractivity contribution in [2.24, 2.45) is 5.92 Å². The number of hydrogen-bond donors (Lipinski definition) is 1. The Hall–Kier alpha value is -1.59. The lowest BCUT2D eigenvalue weighted by Gasteiger charge is -2.33. The van der Waals surface area contributed by atoms with Gasteiger partial charge in [0.2, 0.25) is 5.91 Å². The summed E-state index contributed by atoms with van der Waals surface area (Å²) in [6, 6.07) is 5.88. The molecule has 0 spiro atoms. The highest BCUT2D eigenvalue weighted by Gasteiger charge is 2.21. The molecule has 2 rings (SSSR count). The molecule has 0 aliphatic carbocycles. The van der Waals surface area contributed by atoms with Crippen LogP contribution in [-0.4, -0.2) is 56.8 Å². The van der Waals surface area contributed by atoms with Gasteiger partial charge in [0.05, 0.1) is 26.2 Å². The summed E-state index contributed by atoms with van der Waals surface area (Å²) in [6.07, 6.45) is 0.438. The predicted octanol–water partition coefficient (Wildman–Crippen LogP) is 2.02. The van der Waals surface area contributed by atoms with Crippen LogP contribution in [0.3, 0.4) is 0 Å². The quantitative estimate of drug-likeness (QED) is 0.829. The molecule has 1 aliphatic rings. The summed E-state index contributed by atoms with van der Waals surface area (Å²) in [7, 11) is 1.65. The maximum Gasteiger partial charge on any atom is 0.224 e. The Morgan fingerprint density at radius 2 is 2.25 bits per heavy atom. The number of nitrogens with zero attached hydrogens (tertiary/aromatic N) is 1. The molecular weight excluding hydrogens is 304 g/mol. The molecule has 0 saturated carbocycles. The number of morpholine rings is 1. The molecule has 1 saturated heterocycles. The second kappa shape index (κ2) is 9.04. The number of carbonyl (C=O) groups excluding carboxylic acids is 1. The van der Waals surface area contributed by atoms with E-state index in [-0.39, 0.29) is 12.0 Å². The molecule has 0 radical (unpaired) electrons. The van der Waals surface area contributed by atoms with Crippen LogP contribution in [0.4, 0.5) is 0 Å². The smallest absolute Gasteiger partial charge is 0.224 e.